The zero-order chi connectivity index (χ0) is 20.9. The van der Waals surface area contributed by atoms with Gasteiger partial charge in [0.05, 0.1) is 5.54 Å². The van der Waals surface area contributed by atoms with Gasteiger partial charge in [0.2, 0.25) is 0 Å². The van der Waals surface area contributed by atoms with Gasteiger partial charge in [-0.05, 0) is 57.0 Å². The summed E-state index contributed by atoms with van der Waals surface area (Å²) in [7, 11) is -1.63. The van der Waals surface area contributed by atoms with E-state index in [1.807, 2.05) is 31.2 Å². The van der Waals surface area contributed by atoms with Gasteiger partial charge in [-0.1, -0.05) is 41.4 Å². The molecule has 2 aromatic carbocycles. The normalized spacial score (nSPS) is 12.4. The van der Waals surface area contributed by atoms with Gasteiger partial charge in [-0.2, -0.15) is 0 Å². The maximum Gasteiger partial charge on any atom is 0.455 e. The largest absolute Gasteiger partial charge is 0.455 e. The van der Waals surface area contributed by atoms with E-state index in [4.69, 9.17) is 11.6 Å². The van der Waals surface area contributed by atoms with Crippen LogP contribution in [0.1, 0.15) is 41.8 Å². The van der Waals surface area contributed by atoms with E-state index in [9.17, 15) is 19.6 Å². The second-order valence-corrected chi connectivity index (χ2v) is 8.02. The second-order valence-electron chi connectivity index (χ2n) is 7.58. The second kappa shape index (κ2) is 9.37. The van der Waals surface area contributed by atoms with Gasteiger partial charge in [0.15, 0.2) is 5.78 Å². The predicted octanol–water partition coefficient (Wildman–Crippen LogP) is 3.20. The molecule has 1 amide bonds. The number of amides is 1. The Morgan fingerprint density at radius 2 is 1.79 bits per heavy atom. The molecule has 0 bridgehead atoms. The third-order valence-electron chi connectivity index (χ3n) is 4.68. The minimum Gasteiger partial charge on any atom is -0.427 e. The third kappa shape index (κ3) is 6.19. The Balaban J connectivity index is 2.06. The third-order valence-corrected chi connectivity index (χ3v) is 4.93. The van der Waals surface area contributed by atoms with Crippen molar-refractivity contribution in [2.24, 2.45) is 0 Å². The van der Waals surface area contributed by atoms with E-state index in [1.165, 1.54) is 0 Å². The van der Waals surface area contributed by atoms with Crippen molar-refractivity contribution in [3.05, 3.63) is 70.2 Å². The molecule has 28 heavy (non-hydrogen) atoms. The predicted molar refractivity (Wildman–Crippen MR) is 111 cm³/mol. The molecular weight excluding hydrogens is 376 g/mol. The van der Waals surface area contributed by atoms with E-state index in [0.29, 0.717) is 17.0 Å². The van der Waals surface area contributed by atoms with Crippen molar-refractivity contribution in [3.8, 4) is 0 Å². The summed E-state index contributed by atoms with van der Waals surface area (Å²) < 4.78 is 0. The first kappa shape index (κ1) is 22.1. The minimum absolute atomic E-state index is 0.0699. The van der Waals surface area contributed by atoms with E-state index >= 15 is 0 Å². The highest BCUT2D eigenvalue weighted by molar-refractivity contribution is 6.43. The first-order valence-electron chi connectivity index (χ1n) is 9.11. The average molecular weight is 402 g/mol. The van der Waals surface area contributed by atoms with Gasteiger partial charge in [0.25, 0.3) is 5.91 Å². The molecule has 148 valence electrons. The summed E-state index contributed by atoms with van der Waals surface area (Å²) in [5.41, 5.74) is 1.22. The van der Waals surface area contributed by atoms with Crippen LogP contribution in [0.25, 0.3) is 0 Å². The Bertz CT molecular complexity index is 837. The molecule has 1 atom stereocenters. The number of carbonyl (C=O) groups excluding carboxylic acids is 2. The molecule has 0 heterocycles. The first-order valence-corrected chi connectivity index (χ1v) is 9.49. The van der Waals surface area contributed by atoms with E-state index < -0.39 is 24.4 Å². The summed E-state index contributed by atoms with van der Waals surface area (Å²) in [4.78, 5) is 25.2. The lowest BCUT2D eigenvalue weighted by Gasteiger charge is -2.27. The van der Waals surface area contributed by atoms with E-state index in [2.05, 4.69) is 5.32 Å². The molecule has 0 aliphatic rings. The Hall–Kier alpha value is -2.15. The van der Waals surface area contributed by atoms with Gasteiger partial charge in [-0.15, -0.1) is 0 Å². The van der Waals surface area contributed by atoms with Crippen molar-refractivity contribution in [2.75, 3.05) is 0 Å². The van der Waals surface area contributed by atoms with Crippen LogP contribution < -0.4 is 5.32 Å². The van der Waals surface area contributed by atoms with Gasteiger partial charge in [0, 0.05) is 22.8 Å². The number of rotatable bonds is 8. The zero-order valence-corrected chi connectivity index (χ0v) is 17.0. The van der Waals surface area contributed by atoms with Crippen LogP contribution in [-0.2, 0) is 11.2 Å². The lowest BCUT2D eigenvalue weighted by molar-refractivity contribution is -0.124. The molecule has 0 saturated heterocycles. The summed E-state index contributed by atoms with van der Waals surface area (Å²) in [6, 6.07) is 14.1. The van der Waals surface area contributed by atoms with Crippen LogP contribution in [0.15, 0.2) is 48.5 Å². The molecule has 2 aromatic rings. The van der Waals surface area contributed by atoms with E-state index in [0.717, 1.165) is 11.1 Å². The van der Waals surface area contributed by atoms with E-state index in [1.54, 1.807) is 38.1 Å². The number of nitrogens with one attached hydrogen (secondary N) is 1. The molecule has 0 saturated carbocycles. The number of halogens is 1. The lowest BCUT2D eigenvalue weighted by atomic mass is 9.66. The van der Waals surface area contributed by atoms with Crippen molar-refractivity contribution in [1.82, 2.24) is 5.32 Å². The van der Waals surface area contributed by atoms with Crippen LogP contribution in [0.3, 0.4) is 0 Å². The van der Waals surface area contributed by atoms with Gasteiger partial charge in [0.1, 0.15) is 0 Å². The van der Waals surface area contributed by atoms with Crippen LogP contribution >= 0.6 is 11.6 Å². The van der Waals surface area contributed by atoms with Crippen molar-refractivity contribution in [2.45, 2.75) is 45.0 Å². The minimum atomic E-state index is -1.63. The number of aryl methyl sites for hydroxylation is 1. The van der Waals surface area contributed by atoms with Crippen LogP contribution in [0.5, 0.6) is 0 Å². The summed E-state index contributed by atoms with van der Waals surface area (Å²) in [5.74, 6) is -1.34. The molecule has 3 N–H and O–H groups in total. The molecule has 0 fully saturated rings. The van der Waals surface area contributed by atoms with Crippen molar-refractivity contribution in [1.29, 1.82) is 0 Å². The smallest absolute Gasteiger partial charge is 0.427 e. The van der Waals surface area contributed by atoms with Crippen LogP contribution in [0, 0.1) is 6.92 Å². The lowest BCUT2D eigenvalue weighted by Crippen LogP contribution is -2.50. The Kier molecular flexibility index (Phi) is 7.41. The van der Waals surface area contributed by atoms with E-state index in [-0.39, 0.29) is 12.2 Å². The topological polar surface area (TPSA) is 86.6 Å². The number of hydrogen-bond acceptors (Lipinski definition) is 4. The van der Waals surface area contributed by atoms with Gasteiger partial charge < -0.3 is 15.4 Å². The fourth-order valence-electron chi connectivity index (χ4n) is 2.95. The van der Waals surface area contributed by atoms with Gasteiger partial charge >= 0.3 is 7.12 Å². The number of hydrogen-bond donors (Lipinski definition) is 3. The highest BCUT2D eigenvalue weighted by Gasteiger charge is 2.34. The van der Waals surface area contributed by atoms with Crippen LogP contribution in [-0.4, -0.2) is 34.4 Å². The van der Waals surface area contributed by atoms with Crippen LogP contribution in [0.4, 0.5) is 0 Å². The summed E-state index contributed by atoms with van der Waals surface area (Å²) >= 11 is 5.83. The molecule has 5 nitrogen and oxygen atoms in total. The monoisotopic (exact) mass is 401 g/mol. The van der Waals surface area contributed by atoms with Crippen LogP contribution in [0.2, 0.25) is 10.8 Å². The van der Waals surface area contributed by atoms with Crippen molar-refractivity contribution >= 4 is 30.4 Å². The highest BCUT2D eigenvalue weighted by Crippen LogP contribution is 2.24. The van der Waals surface area contributed by atoms with Crippen molar-refractivity contribution < 1.29 is 19.6 Å². The Morgan fingerprint density at radius 3 is 2.36 bits per heavy atom. The van der Waals surface area contributed by atoms with Crippen molar-refractivity contribution in [3.63, 3.8) is 0 Å². The molecule has 0 spiro atoms. The first-order chi connectivity index (χ1) is 13.1. The molecule has 0 aromatic heterocycles. The maximum atomic E-state index is 12.8. The van der Waals surface area contributed by atoms with Gasteiger partial charge in [-0.3, -0.25) is 9.59 Å². The molecule has 0 aliphatic heterocycles. The quantitative estimate of drug-likeness (QED) is 0.593. The number of ketones is 1. The molecule has 7 heteroatoms. The number of benzene rings is 2. The summed E-state index contributed by atoms with van der Waals surface area (Å²) in [6.45, 7) is 5.17. The number of Topliss-reactive ketones (excluding diaryl/α,β-unsaturated/α-hetero) is 1. The molecule has 0 aliphatic carbocycles. The Labute approximate surface area is 170 Å². The summed E-state index contributed by atoms with van der Waals surface area (Å²) in [5, 5.41) is 22.7. The number of carbonyl (C=O) groups is 2. The highest BCUT2D eigenvalue weighted by atomic mass is 35.5. The molecule has 0 radical (unpaired) electrons. The molecule has 2 rings (SSSR count). The standard InChI is InChI=1S/C21H25BClNO4/c1-14-5-4-6-15(11-14)12-17(22(27)28)13-19(25)21(2,3)24-20(26)16-7-9-18(23)10-8-16/h4-11,17,27-28H,12-13H2,1-3H3,(H,24,26)/t17-/m1/s1. The molecular formula is C21H25BClNO4. The summed E-state index contributed by atoms with van der Waals surface area (Å²) in [6.07, 6.45) is 0.284. The fraction of sp³-hybridized carbons (Fsp3) is 0.333. The molecule has 0 unspecified atom stereocenters. The Morgan fingerprint density at radius 1 is 1.14 bits per heavy atom. The zero-order valence-electron chi connectivity index (χ0n) is 16.3. The van der Waals surface area contributed by atoms with Gasteiger partial charge in [-0.25, -0.2) is 0 Å². The SMILES string of the molecule is Cc1cccc(C[C@H](CC(=O)C(C)(C)NC(=O)c2ccc(Cl)cc2)B(O)O)c1. The fourth-order valence-corrected chi connectivity index (χ4v) is 3.07. The average Bonchev–Trinajstić information content (AvgIpc) is 2.61. The maximum absolute atomic E-state index is 12.8.